The van der Waals surface area contributed by atoms with Gasteiger partial charge in [0.05, 0.1) is 24.1 Å². The molecule has 1 N–H and O–H groups in total. The molecule has 0 fully saturated rings. The minimum atomic E-state index is -4.33. The highest BCUT2D eigenvalue weighted by Crippen LogP contribution is 2.34. The number of hydrogen-bond acceptors (Lipinski definition) is 2. The summed E-state index contributed by atoms with van der Waals surface area (Å²) in [5.41, 5.74) is 0.923. The van der Waals surface area contributed by atoms with Gasteiger partial charge in [-0.2, -0.15) is 13.2 Å². The Labute approximate surface area is 109 Å². The van der Waals surface area contributed by atoms with Gasteiger partial charge in [0.1, 0.15) is 0 Å². The summed E-state index contributed by atoms with van der Waals surface area (Å²) in [6, 6.07) is 5.89. The van der Waals surface area contributed by atoms with Gasteiger partial charge in [-0.05, 0) is 37.6 Å². The predicted molar refractivity (Wildman–Crippen MR) is 66.9 cm³/mol. The van der Waals surface area contributed by atoms with Crippen molar-refractivity contribution in [3.05, 3.63) is 53.5 Å². The molecule has 0 saturated carbocycles. The van der Waals surface area contributed by atoms with Crippen LogP contribution in [0, 0.1) is 6.92 Å². The van der Waals surface area contributed by atoms with E-state index < -0.39 is 11.7 Å². The largest absolute Gasteiger partial charge is 0.472 e. The lowest BCUT2D eigenvalue weighted by atomic mass is 10.1. The summed E-state index contributed by atoms with van der Waals surface area (Å²) in [6.07, 6.45) is -1.24. The van der Waals surface area contributed by atoms with Gasteiger partial charge in [-0.3, -0.25) is 0 Å². The monoisotopic (exact) mass is 269 g/mol. The Morgan fingerprint density at radius 1 is 1.21 bits per heavy atom. The fraction of sp³-hybridized carbons (Fsp3) is 0.286. The minimum absolute atomic E-state index is 0.123. The number of rotatable bonds is 3. The van der Waals surface area contributed by atoms with Gasteiger partial charge in [0.2, 0.25) is 0 Å². The van der Waals surface area contributed by atoms with Crippen molar-refractivity contribution in [2.75, 3.05) is 5.32 Å². The number of nitrogens with one attached hydrogen (secondary N) is 1. The molecule has 0 aliphatic heterocycles. The number of halogens is 3. The Hall–Kier alpha value is -1.91. The van der Waals surface area contributed by atoms with Gasteiger partial charge in [-0.25, -0.2) is 0 Å². The van der Waals surface area contributed by atoms with Gasteiger partial charge >= 0.3 is 6.18 Å². The second-order valence-electron chi connectivity index (χ2n) is 4.45. The van der Waals surface area contributed by atoms with Crippen LogP contribution < -0.4 is 5.32 Å². The maximum atomic E-state index is 12.8. The molecule has 0 spiro atoms. The lowest BCUT2D eigenvalue weighted by Gasteiger charge is -2.16. The van der Waals surface area contributed by atoms with E-state index in [-0.39, 0.29) is 11.6 Å². The zero-order valence-corrected chi connectivity index (χ0v) is 10.6. The first-order valence-corrected chi connectivity index (χ1v) is 5.84. The average molecular weight is 269 g/mol. The van der Waals surface area contributed by atoms with Gasteiger partial charge in [-0.15, -0.1) is 0 Å². The molecule has 1 unspecified atom stereocenters. The fourth-order valence-corrected chi connectivity index (χ4v) is 1.87. The topological polar surface area (TPSA) is 25.2 Å². The lowest BCUT2D eigenvalue weighted by Crippen LogP contribution is -2.10. The Morgan fingerprint density at radius 3 is 2.53 bits per heavy atom. The molecule has 2 nitrogen and oxygen atoms in total. The van der Waals surface area contributed by atoms with Crippen LogP contribution >= 0.6 is 0 Å². The molecule has 0 bridgehead atoms. The van der Waals surface area contributed by atoms with Crippen molar-refractivity contribution in [1.82, 2.24) is 0 Å². The van der Waals surface area contributed by atoms with Gasteiger partial charge in [0.25, 0.3) is 0 Å². The van der Waals surface area contributed by atoms with E-state index in [1.807, 2.05) is 6.92 Å². The first-order chi connectivity index (χ1) is 8.88. The zero-order valence-electron chi connectivity index (χ0n) is 10.6. The highest BCUT2D eigenvalue weighted by molar-refractivity contribution is 5.50. The lowest BCUT2D eigenvalue weighted by molar-refractivity contribution is -0.138. The average Bonchev–Trinajstić information content (AvgIpc) is 2.83. The van der Waals surface area contributed by atoms with Crippen LogP contribution in [-0.4, -0.2) is 0 Å². The standard InChI is InChI=1S/C14H14F3NO/c1-9-3-4-12(7-13(9)14(15,16)17)18-10(2)11-5-6-19-8-11/h3-8,10,18H,1-2H3. The molecule has 0 amide bonds. The Morgan fingerprint density at radius 2 is 1.95 bits per heavy atom. The number of hydrogen-bond donors (Lipinski definition) is 1. The van der Waals surface area contributed by atoms with Crippen molar-refractivity contribution in [3.8, 4) is 0 Å². The van der Waals surface area contributed by atoms with E-state index in [4.69, 9.17) is 4.42 Å². The molecule has 0 radical (unpaired) electrons. The van der Waals surface area contributed by atoms with Gasteiger partial charge in [-0.1, -0.05) is 6.07 Å². The molecule has 1 aromatic carbocycles. The fourth-order valence-electron chi connectivity index (χ4n) is 1.87. The summed E-state index contributed by atoms with van der Waals surface area (Å²) in [5.74, 6) is 0. The van der Waals surface area contributed by atoms with Crippen LogP contribution in [0.4, 0.5) is 18.9 Å². The van der Waals surface area contributed by atoms with E-state index in [1.54, 1.807) is 18.4 Å². The molecule has 0 saturated heterocycles. The number of benzene rings is 1. The van der Waals surface area contributed by atoms with Crippen molar-refractivity contribution in [3.63, 3.8) is 0 Å². The van der Waals surface area contributed by atoms with Crippen molar-refractivity contribution in [2.24, 2.45) is 0 Å². The number of furan rings is 1. The van der Waals surface area contributed by atoms with Crippen LogP contribution in [0.3, 0.4) is 0 Å². The summed E-state index contributed by atoms with van der Waals surface area (Å²) in [7, 11) is 0. The quantitative estimate of drug-likeness (QED) is 0.867. The first-order valence-electron chi connectivity index (χ1n) is 5.84. The SMILES string of the molecule is Cc1ccc(NC(C)c2ccoc2)cc1C(F)(F)F. The van der Waals surface area contributed by atoms with Gasteiger partial charge in [0, 0.05) is 11.3 Å². The number of aryl methyl sites for hydroxylation is 1. The molecule has 19 heavy (non-hydrogen) atoms. The minimum Gasteiger partial charge on any atom is -0.472 e. The molecule has 2 rings (SSSR count). The molecule has 5 heteroatoms. The third-order valence-electron chi connectivity index (χ3n) is 2.97. The summed E-state index contributed by atoms with van der Waals surface area (Å²) >= 11 is 0. The molecule has 0 aliphatic carbocycles. The normalized spacial score (nSPS) is 13.3. The van der Waals surface area contributed by atoms with E-state index in [1.165, 1.54) is 19.3 Å². The second-order valence-corrected chi connectivity index (χ2v) is 4.45. The molecule has 102 valence electrons. The van der Waals surface area contributed by atoms with Crippen molar-refractivity contribution >= 4 is 5.69 Å². The molecule has 1 atom stereocenters. The van der Waals surface area contributed by atoms with E-state index in [2.05, 4.69) is 5.32 Å². The second kappa shape index (κ2) is 4.99. The smallest absolute Gasteiger partial charge is 0.416 e. The van der Waals surface area contributed by atoms with Gasteiger partial charge in [0.15, 0.2) is 0 Å². The molecule has 1 heterocycles. The van der Waals surface area contributed by atoms with E-state index in [0.717, 1.165) is 11.6 Å². The van der Waals surface area contributed by atoms with Crippen LogP contribution in [0.1, 0.15) is 29.7 Å². The van der Waals surface area contributed by atoms with Crippen LogP contribution in [0.15, 0.2) is 41.2 Å². The van der Waals surface area contributed by atoms with E-state index in [9.17, 15) is 13.2 Å². The van der Waals surface area contributed by atoms with Crippen LogP contribution in [0.2, 0.25) is 0 Å². The first kappa shape index (κ1) is 13.5. The van der Waals surface area contributed by atoms with Crippen LogP contribution in [-0.2, 0) is 6.18 Å². The maximum Gasteiger partial charge on any atom is 0.416 e. The Bertz CT molecular complexity index is 546. The number of anilines is 1. The molecular weight excluding hydrogens is 255 g/mol. The molecule has 2 aromatic rings. The predicted octanol–water partition coefficient (Wildman–Crippen LogP) is 4.78. The van der Waals surface area contributed by atoms with Crippen molar-refractivity contribution in [1.29, 1.82) is 0 Å². The van der Waals surface area contributed by atoms with Crippen molar-refractivity contribution < 1.29 is 17.6 Å². The van der Waals surface area contributed by atoms with E-state index in [0.29, 0.717) is 5.69 Å². The van der Waals surface area contributed by atoms with Crippen LogP contribution in [0.25, 0.3) is 0 Å². The summed E-state index contributed by atoms with van der Waals surface area (Å²) in [6.45, 7) is 3.31. The summed E-state index contributed by atoms with van der Waals surface area (Å²) in [5, 5.41) is 3.02. The van der Waals surface area contributed by atoms with E-state index >= 15 is 0 Å². The highest BCUT2D eigenvalue weighted by atomic mass is 19.4. The molecular formula is C14H14F3NO. The Kier molecular flexibility index (Phi) is 3.55. The third-order valence-corrected chi connectivity index (χ3v) is 2.97. The number of alkyl halides is 3. The third kappa shape index (κ3) is 3.10. The molecule has 0 aliphatic rings. The van der Waals surface area contributed by atoms with Gasteiger partial charge < -0.3 is 9.73 Å². The summed E-state index contributed by atoms with van der Waals surface area (Å²) < 4.78 is 43.3. The highest BCUT2D eigenvalue weighted by Gasteiger charge is 2.32. The summed E-state index contributed by atoms with van der Waals surface area (Å²) in [4.78, 5) is 0. The Balaban J connectivity index is 2.22. The van der Waals surface area contributed by atoms with Crippen molar-refractivity contribution in [2.45, 2.75) is 26.1 Å². The zero-order chi connectivity index (χ0) is 14.0. The van der Waals surface area contributed by atoms with Crippen LogP contribution in [0.5, 0.6) is 0 Å². The molecule has 1 aromatic heterocycles. The maximum absolute atomic E-state index is 12.8.